The van der Waals surface area contributed by atoms with Gasteiger partial charge in [0.15, 0.2) is 0 Å². The number of nitrogens with zero attached hydrogens (tertiary/aromatic N) is 1. The molecule has 0 saturated heterocycles. The van der Waals surface area contributed by atoms with E-state index in [0.29, 0.717) is 11.6 Å². The highest BCUT2D eigenvalue weighted by Gasteiger charge is 2.06. The molecule has 0 aliphatic rings. The number of hydrogen-bond donors (Lipinski definition) is 1. The van der Waals surface area contributed by atoms with Crippen LogP contribution in [0.5, 0.6) is 11.6 Å². The first-order valence-corrected chi connectivity index (χ1v) is 8.34. The first-order valence-electron chi connectivity index (χ1n) is 8.34. The normalized spacial score (nSPS) is 10.5. The quantitative estimate of drug-likeness (QED) is 0.690. The summed E-state index contributed by atoms with van der Waals surface area (Å²) < 4.78 is 5.88. The van der Waals surface area contributed by atoms with E-state index in [1.54, 1.807) is 6.20 Å². The molecule has 3 heteroatoms. The van der Waals surface area contributed by atoms with Gasteiger partial charge in [-0.05, 0) is 48.6 Å². The van der Waals surface area contributed by atoms with Gasteiger partial charge in [0.1, 0.15) is 5.75 Å². The van der Waals surface area contributed by atoms with E-state index in [0.717, 1.165) is 24.2 Å². The van der Waals surface area contributed by atoms with Crippen molar-refractivity contribution in [2.24, 2.45) is 5.73 Å². The Balaban J connectivity index is 2.12. The van der Waals surface area contributed by atoms with Crippen LogP contribution in [0.25, 0.3) is 5.70 Å². The molecule has 23 heavy (non-hydrogen) atoms. The minimum Gasteiger partial charge on any atom is -0.439 e. The van der Waals surface area contributed by atoms with Crippen LogP contribution in [-0.2, 0) is 12.8 Å². The maximum atomic E-state index is 5.88. The first kappa shape index (κ1) is 17.1. The van der Waals surface area contributed by atoms with Gasteiger partial charge >= 0.3 is 0 Å². The van der Waals surface area contributed by atoms with Gasteiger partial charge in [-0.25, -0.2) is 4.98 Å². The van der Waals surface area contributed by atoms with Crippen molar-refractivity contribution in [3.05, 3.63) is 59.8 Å². The molecule has 3 nitrogen and oxygen atoms in total. The summed E-state index contributed by atoms with van der Waals surface area (Å²) in [7, 11) is 0. The van der Waals surface area contributed by atoms with Gasteiger partial charge in [-0.15, -0.1) is 0 Å². The second-order valence-corrected chi connectivity index (χ2v) is 5.75. The van der Waals surface area contributed by atoms with Gasteiger partial charge in [0.2, 0.25) is 5.88 Å². The minimum atomic E-state index is 0.509. The Morgan fingerprint density at radius 1 is 1.13 bits per heavy atom. The van der Waals surface area contributed by atoms with Crippen molar-refractivity contribution < 1.29 is 4.74 Å². The van der Waals surface area contributed by atoms with Crippen LogP contribution in [0.3, 0.4) is 0 Å². The van der Waals surface area contributed by atoms with Gasteiger partial charge in [0.25, 0.3) is 0 Å². The van der Waals surface area contributed by atoms with Gasteiger partial charge in [0, 0.05) is 23.5 Å². The molecule has 2 N–H and O–H groups in total. The molecule has 1 aromatic carbocycles. The highest BCUT2D eigenvalue weighted by atomic mass is 16.5. The zero-order chi connectivity index (χ0) is 16.7. The Hall–Kier alpha value is -2.29. The number of unbranched alkanes of at least 4 members (excludes halogenated alkanes) is 2. The van der Waals surface area contributed by atoms with E-state index in [1.165, 1.54) is 30.4 Å². The van der Waals surface area contributed by atoms with Crippen molar-refractivity contribution in [3.63, 3.8) is 0 Å². The number of hydrogen-bond acceptors (Lipinski definition) is 3. The van der Waals surface area contributed by atoms with Crippen molar-refractivity contribution in [1.29, 1.82) is 0 Å². The van der Waals surface area contributed by atoms with Gasteiger partial charge in [0.05, 0.1) is 0 Å². The molecule has 0 radical (unpaired) electrons. The molecule has 0 spiro atoms. The zero-order valence-electron chi connectivity index (χ0n) is 14.1. The molecule has 122 valence electrons. The van der Waals surface area contributed by atoms with Crippen LogP contribution in [0.1, 0.15) is 49.8 Å². The average Bonchev–Trinajstić information content (AvgIpc) is 2.56. The van der Waals surface area contributed by atoms with Gasteiger partial charge in [-0.1, -0.05) is 39.3 Å². The Morgan fingerprint density at radius 2 is 1.96 bits per heavy atom. The summed E-state index contributed by atoms with van der Waals surface area (Å²) in [6.07, 6.45) is 7.56. The van der Waals surface area contributed by atoms with E-state index in [-0.39, 0.29) is 0 Å². The second kappa shape index (κ2) is 8.37. The lowest BCUT2D eigenvalue weighted by Crippen LogP contribution is -1.97. The highest BCUT2D eigenvalue weighted by molar-refractivity contribution is 5.59. The molecule has 0 aliphatic carbocycles. The molecule has 2 aromatic rings. The SMILES string of the molecule is C=C(N)c1ccc(Oc2ccc(CC)c(CCCCC)c2)nc1. The summed E-state index contributed by atoms with van der Waals surface area (Å²) in [6.45, 7) is 8.12. The number of rotatable bonds is 8. The van der Waals surface area contributed by atoms with Crippen molar-refractivity contribution in [2.45, 2.75) is 46.0 Å². The van der Waals surface area contributed by atoms with Crippen LogP contribution >= 0.6 is 0 Å². The highest BCUT2D eigenvalue weighted by Crippen LogP contribution is 2.25. The molecule has 0 saturated carbocycles. The molecule has 0 aliphatic heterocycles. The molecule has 0 bridgehead atoms. The topological polar surface area (TPSA) is 48.1 Å². The third-order valence-electron chi connectivity index (χ3n) is 3.94. The molecule has 0 amide bonds. The smallest absolute Gasteiger partial charge is 0.219 e. The summed E-state index contributed by atoms with van der Waals surface area (Å²) >= 11 is 0. The van der Waals surface area contributed by atoms with Gasteiger partial charge < -0.3 is 10.5 Å². The lowest BCUT2D eigenvalue weighted by Gasteiger charge is -2.11. The molecule has 1 aromatic heterocycles. The van der Waals surface area contributed by atoms with E-state index < -0.39 is 0 Å². The fraction of sp³-hybridized carbons (Fsp3) is 0.350. The number of ether oxygens (including phenoxy) is 1. The Kier molecular flexibility index (Phi) is 6.21. The van der Waals surface area contributed by atoms with Crippen LogP contribution in [0.4, 0.5) is 0 Å². The number of nitrogens with two attached hydrogens (primary N) is 1. The standard InChI is InChI=1S/C20H26N2O/c1-4-6-7-8-17-13-19(11-9-16(17)5-2)23-20-12-10-18(14-22-20)15(3)21/h9-14H,3-8,21H2,1-2H3. The van der Waals surface area contributed by atoms with Crippen molar-refractivity contribution in [2.75, 3.05) is 0 Å². The fourth-order valence-electron chi connectivity index (χ4n) is 2.56. The lowest BCUT2D eigenvalue weighted by molar-refractivity contribution is 0.462. The van der Waals surface area contributed by atoms with Crippen LogP contribution in [0.15, 0.2) is 43.1 Å². The summed E-state index contributed by atoms with van der Waals surface area (Å²) in [6, 6.07) is 10.0. The van der Waals surface area contributed by atoms with Crippen LogP contribution < -0.4 is 10.5 Å². The Morgan fingerprint density at radius 3 is 2.57 bits per heavy atom. The Bertz CT molecular complexity index is 647. The number of benzene rings is 1. The summed E-state index contributed by atoms with van der Waals surface area (Å²) in [5.41, 5.74) is 9.76. The Labute approximate surface area is 139 Å². The predicted molar refractivity (Wildman–Crippen MR) is 96.6 cm³/mol. The monoisotopic (exact) mass is 310 g/mol. The molecule has 0 fully saturated rings. The molecule has 0 atom stereocenters. The van der Waals surface area contributed by atoms with Gasteiger partial charge in [-0.3, -0.25) is 0 Å². The van der Waals surface area contributed by atoms with Crippen molar-refractivity contribution in [1.82, 2.24) is 4.98 Å². The van der Waals surface area contributed by atoms with Crippen LogP contribution in [0, 0.1) is 0 Å². The van der Waals surface area contributed by atoms with Crippen LogP contribution in [0.2, 0.25) is 0 Å². The van der Waals surface area contributed by atoms with E-state index in [2.05, 4.69) is 37.5 Å². The molecular formula is C20H26N2O. The van der Waals surface area contributed by atoms with Crippen molar-refractivity contribution >= 4 is 5.70 Å². The minimum absolute atomic E-state index is 0.509. The zero-order valence-corrected chi connectivity index (χ0v) is 14.1. The predicted octanol–water partition coefficient (Wildman–Crippen LogP) is 5.10. The van der Waals surface area contributed by atoms with Crippen molar-refractivity contribution in [3.8, 4) is 11.6 Å². The molecule has 2 rings (SSSR count). The van der Waals surface area contributed by atoms with E-state index in [4.69, 9.17) is 10.5 Å². The molecule has 0 unspecified atom stereocenters. The summed E-state index contributed by atoms with van der Waals surface area (Å²) in [4.78, 5) is 4.28. The molecule has 1 heterocycles. The van der Waals surface area contributed by atoms with E-state index in [9.17, 15) is 0 Å². The third kappa shape index (κ3) is 4.85. The summed E-state index contributed by atoms with van der Waals surface area (Å²) in [5.74, 6) is 1.40. The van der Waals surface area contributed by atoms with E-state index >= 15 is 0 Å². The fourth-order valence-corrected chi connectivity index (χ4v) is 2.56. The average molecular weight is 310 g/mol. The third-order valence-corrected chi connectivity index (χ3v) is 3.94. The number of pyridine rings is 1. The largest absolute Gasteiger partial charge is 0.439 e. The number of aromatic nitrogens is 1. The lowest BCUT2D eigenvalue weighted by atomic mass is 9.99. The van der Waals surface area contributed by atoms with E-state index in [1.807, 2.05) is 18.2 Å². The van der Waals surface area contributed by atoms with Gasteiger partial charge in [-0.2, -0.15) is 0 Å². The molecular weight excluding hydrogens is 284 g/mol. The number of aryl methyl sites for hydroxylation is 2. The second-order valence-electron chi connectivity index (χ2n) is 5.75. The van der Waals surface area contributed by atoms with Crippen LogP contribution in [-0.4, -0.2) is 4.98 Å². The summed E-state index contributed by atoms with van der Waals surface area (Å²) in [5, 5.41) is 0. The first-order chi connectivity index (χ1) is 11.1. The maximum Gasteiger partial charge on any atom is 0.219 e. The maximum absolute atomic E-state index is 5.88.